The average Bonchev–Trinajstić information content (AvgIpc) is 2.72. The number of carbonyl (C=O) groups is 1. The highest BCUT2D eigenvalue weighted by Gasteiger charge is 2.06. The van der Waals surface area contributed by atoms with E-state index in [4.69, 9.17) is 18.9 Å². The van der Waals surface area contributed by atoms with E-state index in [0.29, 0.717) is 63.5 Å². The Hall–Kier alpha value is -1.67. The summed E-state index contributed by atoms with van der Waals surface area (Å²) in [7, 11) is 0. The molecule has 0 aliphatic heterocycles. The number of nitrogens with one attached hydrogen (secondary N) is 2. The van der Waals surface area contributed by atoms with Crippen molar-refractivity contribution >= 4 is 5.91 Å². The Balaban J connectivity index is 1.93. The van der Waals surface area contributed by atoms with Crippen molar-refractivity contribution in [2.75, 3.05) is 59.3 Å². The molecule has 7 nitrogen and oxygen atoms in total. The van der Waals surface area contributed by atoms with Crippen LogP contribution in [-0.4, -0.2) is 71.3 Å². The molecule has 1 amide bonds. The third-order valence-corrected chi connectivity index (χ3v) is 3.86. The normalized spacial score (nSPS) is 11.0. The first-order valence-electron chi connectivity index (χ1n) is 10.6. The molecular formula is C22H38N2O5. The summed E-state index contributed by atoms with van der Waals surface area (Å²) in [5.74, 6) is 0.580. The maximum Gasteiger partial charge on any atom is 0.251 e. The van der Waals surface area contributed by atoms with Crippen LogP contribution in [0.5, 0.6) is 5.75 Å². The molecule has 166 valence electrons. The molecule has 0 fully saturated rings. The van der Waals surface area contributed by atoms with Crippen LogP contribution >= 0.6 is 0 Å². The second-order valence-corrected chi connectivity index (χ2v) is 6.93. The summed E-state index contributed by atoms with van der Waals surface area (Å²) in [5.41, 5.74) is 0.585. The lowest BCUT2D eigenvalue weighted by molar-refractivity contribution is 0.0147. The van der Waals surface area contributed by atoms with E-state index in [1.807, 2.05) is 19.1 Å². The highest BCUT2D eigenvalue weighted by molar-refractivity contribution is 5.94. The Morgan fingerprint density at radius 3 is 2.31 bits per heavy atom. The Labute approximate surface area is 175 Å². The molecule has 0 atom stereocenters. The minimum Gasteiger partial charge on any atom is -0.494 e. The Morgan fingerprint density at radius 1 is 0.931 bits per heavy atom. The molecule has 0 aliphatic carbocycles. The first kappa shape index (κ1) is 25.4. The number of hydrogen-bond donors (Lipinski definition) is 2. The molecule has 7 heteroatoms. The van der Waals surface area contributed by atoms with E-state index in [0.717, 1.165) is 26.0 Å². The Kier molecular flexibility index (Phi) is 15.1. The second kappa shape index (κ2) is 17.2. The zero-order valence-corrected chi connectivity index (χ0v) is 18.2. The van der Waals surface area contributed by atoms with E-state index < -0.39 is 0 Å². The van der Waals surface area contributed by atoms with Gasteiger partial charge in [0.1, 0.15) is 5.75 Å². The van der Waals surface area contributed by atoms with Gasteiger partial charge in [0.25, 0.3) is 5.91 Å². The third-order valence-electron chi connectivity index (χ3n) is 3.86. The predicted octanol–water partition coefficient (Wildman–Crippen LogP) is 2.64. The molecule has 0 aliphatic rings. The van der Waals surface area contributed by atoms with Crippen LogP contribution in [0.4, 0.5) is 0 Å². The Bertz CT molecular complexity index is 540. The second-order valence-electron chi connectivity index (χ2n) is 6.93. The maximum absolute atomic E-state index is 12.1. The molecule has 1 aromatic rings. The number of benzene rings is 1. The van der Waals surface area contributed by atoms with Crippen LogP contribution in [0.1, 0.15) is 44.0 Å². The van der Waals surface area contributed by atoms with Crippen molar-refractivity contribution in [2.24, 2.45) is 0 Å². The van der Waals surface area contributed by atoms with E-state index in [1.54, 1.807) is 12.1 Å². The van der Waals surface area contributed by atoms with Crippen molar-refractivity contribution in [2.45, 2.75) is 39.7 Å². The zero-order valence-electron chi connectivity index (χ0n) is 18.2. The highest BCUT2D eigenvalue weighted by Crippen LogP contribution is 2.13. The van der Waals surface area contributed by atoms with E-state index >= 15 is 0 Å². The number of ether oxygens (including phenoxy) is 4. The standard InChI is InChI=1S/C22H38N2O5/c1-4-11-29-21-8-5-7-20(18-21)22(25)24-10-13-27-15-17-28-16-14-26-12-6-9-23-19(2)3/h5,7-8,18-19,23H,4,6,9-17H2,1-3H3,(H,24,25). The lowest BCUT2D eigenvalue weighted by atomic mass is 10.2. The lowest BCUT2D eigenvalue weighted by Crippen LogP contribution is -2.27. The molecule has 0 heterocycles. The third kappa shape index (κ3) is 14.0. The van der Waals surface area contributed by atoms with Crippen molar-refractivity contribution in [1.82, 2.24) is 10.6 Å². The minimum absolute atomic E-state index is 0.132. The van der Waals surface area contributed by atoms with Gasteiger partial charge in [-0.1, -0.05) is 26.8 Å². The fourth-order valence-electron chi connectivity index (χ4n) is 2.39. The zero-order chi connectivity index (χ0) is 21.2. The number of rotatable bonds is 18. The van der Waals surface area contributed by atoms with E-state index in [9.17, 15) is 4.79 Å². The number of carbonyl (C=O) groups excluding carboxylic acids is 1. The molecule has 0 spiro atoms. The summed E-state index contributed by atoms with van der Waals surface area (Å²) in [5, 5.41) is 6.19. The van der Waals surface area contributed by atoms with Gasteiger partial charge in [-0.2, -0.15) is 0 Å². The smallest absolute Gasteiger partial charge is 0.251 e. The van der Waals surface area contributed by atoms with Crippen LogP contribution in [-0.2, 0) is 14.2 Å². The molecule has 0 saturated heterocycles. The molecule has 29 heavy (non-hydrogen) atoms. The van der Waals surface area contributed by atoms with E-state index in [1.165, 1.54) is 0 Å². The van der Waals surface area contributed by atoms with Crippen molar-refractivity contribution in [3.8, 4) is 5.75 Å². The van der Waals surface area contributed by atoms with Crippen LogP contribution in [0.15, 0.2) is 24.3 Å². The van der Waals surface area contributed by atoms with Crippen LogP contribution in [0.25, 0.3) is 0 Å². The van der Waals surface area contributed by atoms with Gasteiger partial charge < -0.3 is 29.6 Å². The molecule has 0 radical (unpaired) electrons. The van der Waals surface area contributed by atoms with E-state index in [-0.39, 0.29) is 5.91 Å². The van der Waals surface area contributed by atoms with Crippen molar-refractivity contribution in [1.29, 1.82) is 0 Å². The van der Waals surface area contributed by atoms with Crippen LogP contribution in [0.3, 0.4) is 0 Å². The quantitative estimate of drug-likeness (QED) is 0.362. The van der Waals surface area contributed by atoms with Gasteiger partial charge in [0.05, 0.1) is 39.6 Å². The number of hydrogen-bond acceptors (Lipinski definition) is 6. The molecule has 0 saturated carbocycles. The van der Waals surface area contributed by atoms with Gasteiger partial charge in [0.2, 0.25) is 0 Å². The van der Waals surface area contributed by atoms with Crippen LogP contribution < -0.4 is 15.4 Å². The van der Waals surface area contributed by atoms with E-state index in [2.05, 4.69) is 24.5 Å². The van der Waals surface area contributed by atoms with Crippen LogP contribution in [0.2, 0.25) is 0 Å². The monoisotopic (exact) mass is 410 g/mol. The first-order valence-corrected chi connectivity index (χ1v) is 10.6. The molecule has 0 unspecified atom stereocenters. The van der Waals surface area contributed by atoms with Gasteiger partial charge in [-0.25, -0.2) is 0 Å². The lowest BCUT2D eigenvalue weighted by Gasteiger charge is -2.09. The van der Waals surface area contributed by atoms with Gasteiger partial charge in [-0.05, 0) is 37.6 Å². The summed E-state index contributed by atoms with van der Waals surface area (Å²) in [4.78, 5) is 12.1. The fraction of sp³-hybridized carbons (Fsp3) is 0.682. The molecule has 0 bridgehead atoms. The summed E-state index contributed by atoms with van der Waals surface area (Å²) in [6, 6.07) is 7.71. The Morgan fingerprint density at radius 2 is 1.62 bits per heavy atom. The van der Waals surface area contributed by atoms with Gasteiger partial charge in [-0.15, -0.1) is 0 Å². The SMILES string of the molecule is CCCOc1cccc(C(=O)NCCOCCOCCOCCCNC(C)C)c1. The molecule has 1 aromatic carbocycles. The van der Waals surface area contributed by atoms with Crippen molar-refractivity contribution in [3.05, 3.63) is 29.8 Å². The molecule has 0 aromatic heterocycles. The predicted molar refractivity (Wildman–Crippen MR) is 115 cm³/mol. The van der Waals surface area contributed by atoms with Gasteiger partial charge in [0.15, 0.2) is 0 Å². The average molecular weight is 411 g/mol. The van der Waals surface area contributed by atoms with Gasteiger partial charge in [0, 0.05) is 24.8 Å². The number of amides is 1. The summed E-state index contributed by atoms with van der Waals surface area (Å²) >= 11 is 0. The van der Waals surface area contributed by atoms with Crippen molar-refractivity contribution in [3.63, 3.8) is 0 Å². The topological polar surface area (TPSA) is 78.1 Å². The summed E-state index contributed by atoms with van der Waals surface area (Å²) < 4.78 is 22.0. The summed E-state index contributed by atoms with van der Waals surface area (Å²) in [6.07, 6.45) is 1.93. The van der Waals surface area contributed by atoms with Crippen LogP contribution in [0, 0.1) is 0 Å². The minimum atomic E-state index is -0.132. The van der Waals surface area contributed by atoms with Gasteiger partial charge >= 0.3 is 0 Å². The fourth-order valence-corrected chi connectivity index (χ4v) is 2.39. The molecular weight excluding hydrogens is 372 g/mol. The molecule has 2 N–H and O–H groups in total. The van der Waals surface area contributed by atoms with Gasteiger partial charge in [-0.3, -0.25) is 4.79 Å². The molecule has 1 rings (SSSR count). The summed E-state index contributed by atoms with van der Waals surface area (Å²) in [6.45, 7) is 11.7. The maximum atomic E-state index is 12.1. The highest BCUT2D eigenvalue weighted by atomic mass is 16.5. The van der Waals surface area contributed by atoms with Crippen molar-refractivity contribution < 1.29 is 23.7 Å². The largest absolute Gasteiger partial charge is 0.494 e. The first-order chi connectivity index (χ1) is 14.1.